The number of aromatic nitrogens is 2. The Balaban J connectivity index is 2.23. The maximum Gasteiger partial charge on any atom is 0.326 e. The highest BCUT2D eigenvalue weighted by Gasteiger charge is 2.35. The summed E-state index contributed by atoms with van der Waals surface area (Å²) in [6, 6.07) is -0.775. The molecule has 17 heavy (non-hydrogen) atoms. The molecule has 1 aromatic rings. The van der Waals surface area contributed by atoms with Gasteiger partial charge in [0.15, 0.2) is 0 Å². The van der Waals surface area contributed by atoms with Gasteiger partial charge in [0, 0.05) is 6.54 Å². The SMILES string of the molecule is O=C(O)[C@H]1CCCN1C(=O)c1cncc(Cl)n1. The number of carboxylic acids is 1. The van der Waals surface area contributed by atoms with Crippen molar-refractivity contribution in [2.24, 2.45) is 0 Å². The van der Waals surface area contributed by atoms with Crippen LogP contribution in [0.4, 0.5) is 0 Å². The molecule has 1 N–H and O–H groups in total. The van der Waals surface area contributed by atoms with Crippen LogP contribution in [0, 0.1) is 0 Å². The summed E-state index contributed by atoms with van der Waals surface area (Å²) < 4.78 is 0. The van der Waals surface area contributed by atoms with Gasteiger partial charge in [-0.1, -0.05) is 11.6 Å². The zero-order valence-corrected chi connectivity index (χ0v) is 9.59. The van der Waals surface area contributed by atoms with Crippen molar-refractivity contribution in [2.45, 2.75) is 18.9 Å². The van der Waals surface area contributed by atoms with E-state index in [1.165, 1.54) is 17.3 Å². The van der Waals surface area contributed by atoms with Gasteiger partial charge in [-0.15, -0.1) is 0 Å². The van der Waals surface area contributed by atoms with E-state index in [4.69, 9.17) is 16.7 Å². The van der Waals surface area contributed by atoms with Gasteiger partial charge in [0.05, 0.1) is 12.4 Å². The number of carboxylic acid groups (broad SMARTS) is 1. The molecule has 1 fully saturated rings. The first-order valence-corrected chi connectivity index (χ1v) is 5.48. The Morgan fingerprint density at radius 1 is 1.47 bits per heavy atom. The van der Waals surface area contributed by atoms with Gasteiger partial charge in [-0.25, -0.2) is 9.78 Å². The molecular weight excluding hydrogens is 246 g/mol. The maximum atomic E-state index is 12.0. The Labute approximate surface area is 102 Å². The average Bonchev–Trinajstić information content (AvgIpc) is 2.77. The molecule has 0 radical (unpaired) electrons. The molecule has 1 atom stereocenters. The van der Waals surface area contributed by atoms with Crippen molar-refractivity contribution in [3.05, 3.63) is 23.2 Å². The summed E-state index contributed by atoms with van der Waals surface area (Å²) in [4.78, 5) is 31.9. The number of rotatable bonds is 2. The standard InChI is InChI=1S/C10H10ClN3O3/c11-8-5-12-4-6(13-8)9(15)14-3-1-2-7(14)10(16)17/h4-5,7H,1-3H2,(H,16,17)/t7-/m1/s1. The largest absolute Gasteiger partial charge is 0.480 e. The van der Waals surface area contributed by atoms with E-state index in [1.807, 2.05) is 0 Å². The van der Waals surface area contributed by atoms with Crippen LogP contribution in [0.2, 0.25) is 5.15 Å². The number of amides is 1. The molecule has 0 spiro atoms. The second-order valence-electron chi connectivity index (χ2n) is 3.72. The second-order valence-corrected chi connectivity index (χ2v) is 4.11. The summed E-state index contributed by atoms with van der Waals surface area (Å²) in [5.41, 5.74) is 0.0747. The Morgan fingerprint density at radius 3 is 2.88 bits per heavy atom. The van der Waals surface area contributed by atoms with E-state index in [0.29, 0.717) is 19.4 Å². The molecule has 1 saturated heterocycles. The molecule has 0 unspecified atom stereocenters. The minimum absolute atomic E-state index is 0.0747. The average molecular weight is 256 g/mol. The van der Waals surface area contributed by atoms with Crippen LogP contribution in [0.25, 0.3) is 0 Å². The number of halogens is 1. The highest BCUT2D eigenvalue weighted by atomic mass is 35.5. The summed E-state index contributed by atoms with van der Waals surface area (Å²) in [7, 11) is 0. The minimum atomic E-state index is -0.995. The fraction of sp³-hybridized carbons (Fsp3) is 0.400. The molecule has 2 heterocycles. The molecule has 0 aromatic carbocycles. The van der Waals surface area contributed by atoms with Gasteiger partial charge in [0.25, 0.3) is 5.91 Å². The highest BCUT2D eigenvalue weighted by molar-refractivity contribution is 6.29. The zero-order valence-electron chi connectivity index (χ0n) is 8.84. The van der Waals surface area contributed by atoms with E-state index < -0.39 is 17.9 Å². The number of hydrogen-bond acceptors (Lipinski definition) is 4. The molecule has 1 aromatic heterocycles. The van der Waals surface area contributed by atoms with Crippen molar-refractivity contribution in [3.63, 3.8) is 0 Å². The Bertz CT molecular complexity index is 466. The van der Waals surface area contributed by atoms with Crippen molar-refractivity contribution in [2.75, 3.05) is 6.54 Å². The molecule has 0 bridgehead atoms. The number of aliphatic carboxylic acids is 1. The van der Waals surface area contributed by atoms with Gasteiger partial charge < -0.3 is 10.0 Å². The summed E-state index contributed by atoms with van der Waals surface area (Å²) in [5.74, 6) is -1.43. The summed E-state index contributed by atoms with van der Waals surface area (Å²) in [5, 5.41) is 9.09. The third-order valence-electron chi connectivity index (χ3n) is 2.62. The van der Waals surface area contributed by atoms with Crippen LogP contribution in [0.15, 0.2) is 12.4 Å². The fourth-order valence-electron chi connectivity index (χ4n) is 1.86. The van der Waals surface area contributed by atoms with E-state index >= 15 is 0 Å². The molecule has 7 heteroatoms. The van der Waals surface area contributed by atoms with Gasteiger partial charge >= 0.3 is 5.97 Å². The Morgan fingerprint density at radius 2 is 2.24 bits per heavy atom. The van der Waals surface area contributed by atoms with Crippen LogP contribution >= 0.6 is 11.6 Å². The van der Waals surface area contributed by atoms with E-state index in [2.05, 4.69) is 9.97 Å². The topological polar surface area (TPSA) is 83.4 Å². The smallest absolute Gasteiger partial charge is 0.326 e. The van der Waals surface area contributed by atoms with Crippen molar-refractivity contribution in [1.82, 2.24) is 14.9 Å². The molecular formula is C10H10ClN3O3. The van der Waals surface area contributed by atoms with Gasteiger partial charge in [-0.05, 0) is 12.8 Å². The van der Waals surface area contributed by atoms with Crippen LogP contribution in [0.1, 0.15) is 23.3 Å². The molecule has 1 aliphatic heterocycles. The predicted octanol–water partition coefficient (Wildman–Crippen LogP) is 0.819. The quantitative estimate of drug-likeness (QED) is 0.846. The summed E-state index contributed by atoms with van der Waals surface area (Å²) in [6.45, 7) is 0.421. The van der Waals surface area contributed by atoms with Crippen LogP contribution in [-0.2, 0) is 4.79 Å². The summed E-state index contributed by atoms with van der Waals surface area (Å²) >= 11 is 5.63. The van der Waals surface area contributed by atoms with E-state index in [9.17, 15) is 9.59 Å². The van der Waals surface area contributed by atoms with E-state index in [0.717, 1.165) is 0 Å². The van der Waals surface area contributed by atoms with Crippen LogP contribution in [-0.4, -0.2) is 44.4 Å². The predicted molar refractivity (Wildman–Crippen MR) is 58.7 cm³/mol. The number of likely N-dealkylation sites (tertiary alicyclic amines) is 1. The molecule has 0 aliphatic carbocycles. The first-order valence-electron chi connectivity index (χ1n) is 5.11. The maximum absolute atomic E-state index is 12.0. The number of nitrogens with zero attached hydrogens (tertiary/aromatic N) is 3. The lowest BCUT2D eigenvalue weighted by atomic mass is 10.2. The lowest BCUT2D eigenvalue weighted by molar-refractivity contribution is -0.141. The second kappa shape index (κ2) is 4.67. The Kier molecular flexibility index (Phi) is 3.23. The third kappa shape index (κ3) is 2.36. The van der Waals surface area contributed by atoms with Gasteiger partial charge in [0.1, 0.15) is 16.9 Å². The van der Waals surface area contributed by atoms with Crippen molar-refractivity contribution in [3.8, 4) is 0 Å². The Hall–Kier alpha value is -1.69. The van der Waals surface area contributed by atoms with Gasteiger partial charge in [0.2, 0.25) is 0 Å². The van der Waals surface area contributed by atoms with Crippen molar-refractivity contribution >= 4 is 23.5 Å². The highest BCUT2D eigenvalue weighted by Crippen LogP contribution is 2.19. The van der Waals surface area contributed by atoms with E-state index in [-0.39, 0.29) is 10.8 Å². The van der Waals surface area contributed by atoms with Crippen LogP contribution in [0.3, 0.4) is 0 Å². The molecule has 6 nitrogen and oxygen atoms in total. The monoisotopic (exact) mass is 255 g/mol. The van der Waals surface area contributed by atoms with Crippen molar-refractivity contribution in [1.29, 1.82) is 0 Å². The minimum Gasteiger partial charge on any atom is -0.480 e. The van der Waals surface area contributed by atoms with Gasteiger partial charge in [-0.2, -0.15) is 0 Å². The molecule has 1 aliphatic rings. The third-order valence-corrected chi connectivity index (χ3v) is 2.81. The normalized spacial score (nSPS) is 19.4. The molecule has 90 valence electrons. The lowest BCUT2D eigenvalue weighted by Crippen LogP contribution is -2.40. The lowest BCUT2D eigenvalue weighted by Gasteiger charge is -2.20. The first kappa shape index (κ1) is 11.8. The number of carbonyl (C=O) groups is 2. The van der Waals surface area contributed by atoms with E-state index in [1.54, 1.807) is 0 Å². The van der Waals surface area contributed by atoms with Crippen LogP contribution < -0.4 is 0 Å². The van der Waals surface area contributed by atoms with Crippen LogP contribution in [0.5, 0.6) is 0 Å². The zero-order chi connectivity index (χ0) is 12.4. The number of carbonyl (C=O) groups excluding carboxylic acids is 1. The molecule has 1 amide bonds. The van der Waals surface area contributed by atoms with Gasteiger partial charge in [-0.3, -0.25) is 9.78 Å². The van der Waals surface area contributed by atoms with Crippen molar-refractivity contribution < 1.29 is 14.7 Å². The molecule has 0 saturated carbocycles. The summed E-state index contributed by atoms with van der Waals surface area (Å²) in [6.07, 6.45) is 3.74. The number of hydrogen-bond donors (Lipinski definition) is 1. The fourth-order valence-corrected chi connectivity index (χ4v) is 2.01. The molecule has 2 rings (SSSR count). The first-order chi connectivity index (χ1) is 8.09.